The molecule has 1 N–H and O–H groups in total. The number of benzene rings is 1. The van der Waals surface area contributed by atoms with Crippen molar-refractivity contribution in [1.29, 1.82) is 0 Å². The Kier molecular flexibility index (Phi) is 4.06. The monoisotopic (exact) mass is 316 g/mol. The van der Waals surface area contributed by atoms with Crippen LogP contribution in [0.15, 0.2) is 30.3 Å². The molecule has 7 heteroatoms. The molecule has 3 rings (SSSR count). The zero-order chi connectivity index (χ0) is 15.5. The first kappa shape index (κ1) is 14.5. The van der Waals surface area contributed by atoms with Gasteiger partial charge >= 0.3 is 0 Å². The van der Waals surface area contributed by atoms with Crippen molar-refractivity contribution in [3.63, 3.8) is 0 Å². The molecule has 112 valence electrons. The maximum Gasteiger partial charge on any atom is 0.270 e. The van der Waals surface area contributed by atoms with E-state index in [0.29, 0.717) is 5.39 Å². The summed E-state index contributed by atoms with van der Waals surface area (Å²) in [6, 6.07) is 7.94. The van der Waals surface area contributed by atoms with Crippen molar-refractivity contribution in [3.05, 3.63) is 51.9 Å². The molecule has 2 aromatic heterocycles. The molecule has 0 atom stereocenters. The minimum Gasteiger partial charge on any atom is -0.344 e. The number of rotatable bonds is 4. The van der Waals surface area contributed by atoms with E-state index in [1.54, 1.807) is 24.3 Å². The van der Waals surface area contributed by atoms with E-state index in [1.807, 2.05) is 6.92 Å². The average Bonchev–Trinajstić information content (AvgIpc) is 3.01. The van der Waals surface area contributed by atoms with Crippen LogP contribution in [0.3, 0.4) is 0 Å². The van der Waals surface area contributed by atoms with Gasteiger partial charge in [-0.3, -0.25) is 4.79 Å². The fraction of sp³-hybridized carbons (Fsp3) is 0.200. The van der Waals surface area contributed by atoms with Gasteiger partial charge in [-0.25, -0.2) is 9.37 Å². The number of hydrogen-bond donors (Lipinski definition) is 1. The lowest BCUT2D eigenvalue weighted by molar-refractivity contribution is 0.0946. The summed E-state index contributed by atoms with van der Waals surface area (Å²) in [5.74, 6) is -0.803. The number of nitrogens with zero attached hydrogens (tertiary/aromatic N) is 3. The number of hydrogen-bond acceptors (Lipinski definition) is 5. The van der Waals surface area contributed by atoms with Crippen molar-refractivity contribution in [2.75, 3.05) is 0 Å². The van der Waals surface area contributed by atoms with Crippen molar-refractivity contribution >= 4 is 28.1 Å². The molecule has 2 heterocycles. The summed E-state index contributed by atoms with van der Waals surface area (Å²) in [7, 11) is 0. The van der Waals surface area contributed by atoms with Gasteiger partial charge in [0.15, 0.2) is 0 Å². The lowest BCUT2D eigenvalue weighted by atomic mass is 10.2. The highest BCUT2D eigenvalue weighted by atomic mass is 32.1. The van der Waals surface area contributed by atoms with Gasteiger partial charge in [-0.2, -0.15) is 0 Å². The summed E-state index contributed by atoms with van der Waals surface area (Å²) in [6.07, 6.45) is 0.817. The number of carbonyl (C=O) groups is 1. The molecular weight excluding hydrogens is 303 g/mol. The Morgan fingerprint density at radius 3 is 2.82 bits per heavy atom. The van der Waals surface area contributed by atoms with Gasteiger partial charge in [0.1, 0.15) is 27.0 Å². The highest BCUT2D eigenvalue weighted by Crippen LogP contribution is 2.16. The minimum absolute atomic E-state index is 0.179. The van der Waals surface area contributed by atoms with E-state index in [-0.39, 0.29) is 23.7 Å². The van der Waals surface area contributed by atoms with Gasteiger partial charge in [-0.15, -0.1) is 10.2 Å². The van der Waals surface area contributed by atoms with Crippen molar-refractivity contribution in [2.24, 2.45) is 0 Å². The number of para-hydroxylation sites is 1. The van der Waals surface area contributed by atoms with Crippen LogP contribution < -0.4 is 5.32 Å². The van der Waals surface area contributed by atoms with Crippen LogP contribution in [-0.4, -0.2) is 21.1 Å². The summed E-state index contributed by atoms with van der Waals surface area (Å²) in [5, 5.41) is 13.0. The van der Waals surface area contributed by atoms with Crippen molar-refractivity contribution in [1.82, 2.24) is 20.5 Å². The van der Waals surface area contributed by atoms with Crippen LogP contribution >= 0.6 is 11.3 Å². The number of fused-ring (bicyclic) bond motifs is 1. The third kappa shape index (κ3) is 2.94. The highest BCUT2D eigenvalue weighted by molar-refractivity contribution is 7.11. The number of aryl methyl sites for hydroxylation is 1. The Balaban J connectivity index is 1.75. The number of amides is 1. The number of halogens is 1. The molecule has 0 unspecified atom stereocenters. The van der Waals surface area contributed by atoms with Gasteiger partial charge in [0, 0.05) is 5.39 Å². The molecule has 0 aliphatic rings. The van der Waals surface area contributed by atoms with Gasteiger partial charge < -0.3 is 5.32 Å². The molecular formula is C15H13FN4OS. The summed E-state index contributed by atoms with van der Waals surface area (Å²) < 4.78 is 13.7. The lowest BCUT2D eigenvalue weighted by Crippen LogP contribution is -2.23. The van der Waals surface area contributed by atoms with Gasteiger partial charge in [-0.1, -0.05) is 36.5 Å². The smallest absolute Gasteiger partial charge is 0.270 e. The van der Waals surface area contributed by atoms with Crippen LogP contribution in [0.1, 0.15) is 27.4 Å². The third-order valence-electron chi connectivity index (χ3n) is 3.11. The summed E-state index contributed by atoms with van der Waals surface area (Å²) in [6.45, 7) is 2.28. The first-order valence-electron chi connectivity index (χ1n) is 6.82. The average molecular weight is 316 g/mol. The standard InChI is InChI=1S/C15H13FN4OS/c1-2-12-19-20-13(22-12)8-17-15(21)11-7-6-9-4-3-5-10(16)14(9)18-11/h3-7H,2,8H2,1H3,(H,17,21). The first-order valence-corrected chi connectivity index (χ1v) is 7.63. The van der Waals surface area contributed by atoms with Crippen LogP contribution in [0, 0.1) is 5.82 Å². The maximum absolute atomic E-state index is 13.7. The topological polar surface area (TPSA) is 67.8 Å². The van der Waals surface area contributed by atoms with E-state index in [1.165, 1.54) is 17.4 Å². The Hall–Kier alpha value is -2.41. The second kappa shape index (κ2) is 6.15. The van der Waals surface area contributed by atoms with E-state index >= 15 is 0 Å². The van der Waals surface area contributed by atoms with Gasteiger partial charge in [-0.05, 0) is 18.6 Å². The SMILES string of the molecule is CCc1nnc(CNC(=O)c2ccc3cccc(F)c3n2)s1. The summed E-state index contributed by atoms with van der Waals surface area (Å²) in [5.41, 5.74) is 0.372. The number of nitrogens with one attached hydrogen (secondary N) is 1. The van der Waals surface area contributed by atoms with E-state index in [4.69, 9.17) is 0 Å². The largest absolute Gasteiger partial charge is 0.344 e. The van der Waals surface area contributed by atoms with E-state index in [0.717, 1.165) is 16.4 Å². The van der Waals surface area contributed by atoms with Gasteiger partial charge in [0.05, 0.1) is 6.54 Å². The van der Waals surface area contributed by atoms with E-state index < -0.39 is 5.82 Å². The van der Waals surface area contributed by atoms with Gasteiger partial charge in [0.2, 0.25) is 0 Å². The molecule has 1 amide bonds. The van der Waals surface area contributed by atoms with Crippen molar-refractivity contribution < 1.29 is 9.18 Å². The summed E-state index contributed by atoms with van der Waals surface area (Å²) in [4.78, 5) is 16.2. The van der Waals surface area contributed by atoms with Crippen LogP contribution in [0.2, 0.25) is 0 Å². The molecule has 5 nitrogen and oxygen atoms in total. The van der Waals surface area contributed by atoms with E-state index in [2.05, 4.69) is 20.5 Å². The van der Waals surface area contributed by atoms with Crippen LogP contribution in [0.5, 0.6) is 0 Å². The van der Waals surface area contributed by atoms with E-state index in [9.17, 15) is 9.18 Å². The normalized spacial score (nSPS) is 10.8. The van der Waals surface area contributed by atoms with Crippen LogP contribution in [0.25, 0.3) is 10.9 Å². The number of aromatic nitrogens is 3. The zero-order valence-electron chi connectivity index (χ0n) is 11.8. The summed E-state index contributed by atoms with van der Waals surface area (Å²) >= 11 is 1.46. The predicted molar refractivity (Wildman–Crippen MR) is 82.2 cm³/mol. The molecule has 0 aliphatic heterocycles. The van der Waals surface area contributed by atoms with Crippen LogP contribution in [0.4, 0.5) is 4.39 Å². The Morgan fingerprint density at radius 1 is 1.23 bits per heavy atom. The van der Waals surface area contributed by atoms with Crippen LogP contribution in [-0.2, 0) is 13.0 Å². The highest BCUT2D eigenvalue weighted by Gasteiger charge is 2.11. The fourth-order valence-electron chi connectivity index (χ4n) is 1.99. The molecule has 0 saturated heterocycles. The Labute approximate surface area is 130 Å². The molecule has 0 saturated carbocycles. The number of pyridine rings is 1. The van der Waals surface area contributed by atoms with Crippen molar-refractivity contribution in [2.45, 2.75) is 19.9 Å². The number of carbonyl (C=O) groups excluding carboxylic acids is 1. The Morgan fingerprint density at radius 2 is 2.05 bits per heavy atom. The minimum atomic E-state index is -0.441. The molecule has 0 radical (unpaired) electrons. The lowest BCUT2D eigenvalue weighted by Gasteiger charge is -2.04. The molecule has 3 aromatic rings. The second-order valence-electron chi connectivity index (χ2n) is 4.63. The quantitative estimate of drug-likeness (QED) is 0.803. The zero-order valence-corrected chi connectivity index (χ0v) is 12.7. The molecule has 0 fully saturated rings. The van der Waals surface area contributed by atoms with Crippen molar-refractivity contribution in [3.8, 4) is 0 Å². The molecule has 22 heavy (non-hydrogen) atoms. The maximum atomic E-state index is 13.7. The Bertz CT molecular complexity index is 833. The van der Waals surface area contributed by atoms with Gasteiger partial charge in [0.25, 0.3) is 5.91 Å². The fourth-order valence-corrected chi connectivity index (χ4v) is 2.71. The molecule has 0 aliphatic carbocycles. The molecule has 0 bridgehead atoms. The predicted octanol–water partition coefficient (Wildman–Crippen LogP) is 2.72. The second-order valence-corrected chi connectivity index (χ2v) is 5.78. The first-order chi connectivity index (χ1) is 10.7. The molecule has 1 aromatic carbocycles. The molecule has 0 spiro atoms. The third-order valence-corrected chi connectivity index (χ3v) is 4.18.